The molecule has 0 spiro atoms. The summed E-state index contributed by atoms with van der Waals surface area (Å²) in [5, 5.41) is 6.46. The van der Waals surface area contributed by atoms with Crippen molar-refractivity contribution in [2.75, 3.05) is 17.2 Å². The Hall–Kier alpha value is -3.67. The first-order valence-corrected chi connectivity index (χ1v) is 8.95. The molecule has 6 nitrogen and oxygen atoms in total. The van der Waals surface area contributed by atoms with Gasteiger partial charge < -0.3 is 15.4 Å². The number of allylic oxidation sites excluding steroid dienone is 1. The summed E-state index contributed by atoms with van der Waals surface area (Å²) in [6, 6.07) is 17.2. The maximum Gasteiger partial charge on any atom is 0.229 e. The predicted octanol–water partition coefficient (Wildman–Crippen LogP) is 4.80. The molecular weight excluding hydrogens is 352 g/mol. The van der Waals surface area contributed by atoms with Crippen LogP contribution in [-0.2, 0) is 4.79 Å². The van der Waals surface area contributed by atoms with Crippen LogP contribution in [0.2, 0.25) is 0 Å². The predicted molar refractivity (Wildman–Crippen MR) is 112 cm³/mol. The van der Waals surface area contributed by atoms with Gasteiger partial charge in [-0.3, -0.25) is 4.79 Å². The minimum atomic E-state index is -0.0795. The van der Waals surface area contributed by atoms with Gasteiger partial charge in [0.15, 0.2) is 12.4 Å². The quantitative estimate of drug-likeness (QED) is 0.552. The van der Waals surface area contributed by atoms with Crippen molar-refractivity contribution in [1.82, 2.24) is 9.97 Å². The normalized spacial score (nSPS) is 10.6. The second kappa shape index (κ2) is 9.32. The van der Waals surface area contributed by atoms with Gasteiger partial charge in [0.05, 0.1) is 0 Å². The van der Waals surface area contributed by atoms with Crippen molar-refractivity contribution in [3.63, 3.8) is 0 Å². The third kappa shape index (κ3) is 5.41. The highest BCUT2D eigenvalue weighted by Crippen LogP contribution is 2.23. The third-order valence-electron chi connectivity index (χ3n) is 3.83. The van der Waals surface area contributed by atoms with Crippen molar-refractivity contribution < 1.29 is 9.53 Å². The monoisotopic (exact) mass is 374 g/mol. The summed E-state index contributed by atoms with van der Waals surface area (Å²) in [5.41, 5.74) is 2.63. The number of anilines is 4. The van der Waals surface area contributed by atoms with Gasteiger partial charge >= 0.3 is 0 Å². The summed E-state index contributed by atoms with van der Waals surface area (Å²) in [6.07, 6.45) is 4.95. The fourth-order valence-electron chi connectivity index (χ4n) is 2.47. The molecule has 3 aromatic rings. The molecule has 0 amide bonds. The number of hydrogen-bond acceptors (Lipinski definition) is 6. The highest BCUT2D eigenvalue weighted by molar-refractivity contribution is 5.90. The highest BCUT2D eigenvalue weighted by atomic mass is 16.5. The topological polar surface area (TPSA) is 76.1 Å². The second-order valence-electron chi connectivity index (χ2n) is 6.12. The van der Waals surface area contributed by atoms with E-state index in [1.165, 1.54) is 6.08 Å². The van der Waals surface area contributed by atoms with Crippen LogP contribution in [0.5, 0.6) is 5.75 Å². The number of rotatable bonds is 8. The number of aromatic nitrogens is 2. The Kier molecular flexibility index (Phi) is 6.36. The summed E-state index contributed by atoms with van der Waals surface area (Å²) in [7, 11) is 0. The minimum absolute atomic E-state index is 0.00543. The Morgan fingerprint density at radius 2 is 1.86 bits per heavy atom. The van der Waals surface area contributed by atoms with Crippen molar-refractivity contribution in [3.8, 4) is 5.75 Å². The highest BCUT2D eigenvalue weighted by Gasteiger charge is 2.06. The van der Waals surface area contributed by atoms with Gasteiger partial charge in [-0.25, -0.2) is 4.98 Å². The van der Waals surface area contributed by atoms with Crippen molar-refractivity contribution in [2.45, 2.75) is 13.8 Å². The third-order valence-corrected chi connectivity index (χ3v) is 3.83. The number of nitrogens with zero attached hydrogens (tertiary/aromatic N) is 2. The molecule has 0 aliphatic rings. The van der Waals surface area contributed by atoms with Crippen LogP contribution < -0.4 is 15.4 Å². The number of carbonyl (C=O) groups is 1. The zero-order chi connectivity index (χ0) is 19.8. The van der Waals surface area contributed by atoms with Gasteiger partial charge in [0.1, 0.15) is 11.6 Å². The molecular formula is C22H22N4O2. The number of aryl methyl sites for hydroxylation is 1. The average molecular weight is 374 g/mol. The fourth-order valence-corrected chi connectivity index (χ4v) is 2.47. The van der Waals surface area contributed by atoms with Crippen LogP contribution in [0.1, 0.15) is 12.5 Å². The first-order valence-electron chi connectivity index (χ1n) is 8.95. The smallest absolute Gasteiger partial charge is 0.229 e. The van der Waals surface area contributed by atoms with Gasteiger partial charge in [-0.15, -0.1) is 0 Å². The molecule has 2 N–H and O–H groups in total. The Bertz CT molecular complexity index is 971. The van der Waals surface area contributed by atoms with E-state index in [2.05, 4.69) is 20.6 Å². The Balaban J connectivity index is 1.71. The first kappa shape index (κ1) is 19.1. The lowest BCUT2D eigenvalue weighted by molar-refractivity contribution is -0.116. The van der Waals surface area contributed by atoms with Crippen molar-refractivity contribution in [1.29, 1.82) is 0 Å². The van der Waals surface area contributed by atoms with Crippen molar-refractivity contribution in [2.24, 2.45) is 0 Å². The summed E-state index contributed by atoms with van der Waals surface area (Å²) < 4.78 is 5.55. The van der Waals surface area contributed by atoms with Crippen LogP contribution in [0.15, 0.2) is 72.9 Å². The summed E-state index contributed by atoms with van der Waals surface area (Å²) in [4.78, 5) is 20.5. The summed E-state index contributed by atoms with van der Waals surface area (Å²) in [5.74, 6) is 1.72. The van der Waals surface area contributed by atoms with E-state index in [4.69, 9.17) is 4.74 Å². The van der Waals surface area contributed by atoms with Gasteiger partial charge in [-0.2, -0.15) is 4.98 Å². The van der Waals surface area contributed by atoms with Gasteiger partial charge in [-0.05, 0) is 44.2 Å². The number of hydrogen-bond donors (Lipinski definition) is 2. The number of para-hydroxylation sites is 1. The van der Waals surface area contributed by atoms with Crippen LogP contribution in [-0.4, -0.2) is 22.4 Å². The molecule has 2 aromatic carbocycles. The molecule has 0 unspecified atom stereocenters. The average Bonchev–Trinajstić information content (AvgIpc) is 2.70. The molecule has 0 saturated heterocycles. The van der Waals surface area contributed by atoms with E-state index >= 15 is 0 Å². The maximum absolute atomic E-state index is 11.6. The van der Waals surface area contributed by atoms with E-state index < -0.39 is 0 Å². The fraction of sp³-hybridized carbons (Fsp3) is 0.136. The van der Waals surface area contributed by atoms with Crippen molar-refractivity contribution >= 4 is 28.9 Å². The van der Waals surface area contributed by atoms with E-state index in [9.17, 15) is 4.79 Å². The zero-order valence-corrected chi connectivity index (χ0v) is 15.8. The molecule has 142 valence electrons. The second-order valence-corrected chi connectivity index (χ2v) is 6.12. The summed E-state index contributed by atoms with van der Waals surface area (Å²) in [6.45, 7) is 3.74. The van der Waals surface area contributed by atoms with Gasteiger partial charge in [0.25, 0.3) is 0 Å². The molecule has 28 heavy (non-hydrogen) atoms. The molecule has 6 heteroatoms. The van der Waals surface area contributed by atoms with Crippen molar-refractivity contribution in [3.05, 3.63) is 78.5 Å². The molecule has 0 atom stereocenters. The number of nitrogens with one attached hydrogen (secondary N) is 2. The van der Waals surface area contributed by atoms with Gasteiger partial charge in [-0.1, -0.05) is 30.3 Å². The molecule has 1 aromatic heterocycles. The molecule has 0 fully saturated rings. The van der Waals surface area contributed by atoms with E-state index in [1.54, 1.807) is 19.2 Å². The molecule has 0 bridgehead atoms. The van der Waals surface area contributed by atoms with Crippen LogP contribution in [0.4, 0.5) is 23.1 Å². The Morgan fingerprint density at radius 1 is 1.07 bits per heavy atom. The molecule has 1 heterocycles. The maximum atomic E-state index is 11.6. The van der Waals surface area contributed by atoms with Gasteiger partial charge in [0, 0.05) is 29.2 Å². The van der Waals surface area contributed by atoms with E-state index in [0.717, 1.165) is 16.9 Å². The Morgan fingerprint density at radius 3 is 2.64 bits per heavy atom. The number of ketones is 1. The van der Waals surface area contributed by atoms with E-state index in [1.807, 2.05) is 61.5 Å². The van der Waals surface area contributed by atoms with Crippen LogP contribution >= 0.6 is 0 Å². The SMILES string of the molecule is C/C=C/C(=O)COc1cccc(Nc2nc(Nc3ccccc3)ncc2C)c1. The zero-order valence-electron chi connectivity index (χ0n) is 15.8. The molecule has 3 rings (SSSR count). The lowest BCUT2D eigenvalue weighted by Gasteiger charge is -2.12. The van der Waals surface area contributed by atoms with Gasteiger partial charge in [0.2, 0.25) is 5.95 Å². The summed E-state index contributed by atoms with van der Waals surface area (Å²) >= 11 is 0. The van der Waals surface area contributed by atoms with Crippen LogP contribution in [0, 0.1) is 6.92 Å². The van der Waals surface area contributed by atoms with E-state index in [-0.39, 0.29) is 12.4 Å². The molecule has 0 radical (unpaired) electrons. The number of benzene rings is 2. The van der Waals surface area contributed by atoms with Crippen LogP contribution in [0.3, 0.4) is 0 Å². The standard InChI is InChI=1S/C22H22N4O2/c1-3-8-19(27)15-28-20-12-7-11-18(13-20)24-21-16(2)14-23-22(26-21)25-17-9-5-4-6-10-17/h3-14H,15H2,1-2H3,(H2,23,24,25,26)/b8-3+. The lowest BCUT2D eigenvalue weighted by atomic mass is 10.2. The molecule has 0 aliphatic carbocycles. The molecule has 0 aliphatic heterocycles. The largest absolute Gasteiger partial charge is 0.485 e. The van der Waals surface area contributed by atoms with Crippen LogP contribution in [0.25, 0.3) is 0 Å². The van der Waals surface area contributed by atoms with E-state index in [0.29, 0.717) is 17.5 Å². The lowest BCUT2D eigenvalue weighted by Crippen LogP contribution is -2.08. The number of carbonyl (C=O) groups excluding carboxylic acids is 1. The first-order chi connectivity index (χ1) is 13.6. The minimum Gasteiger partial charge on any atom is -0.485 e. The molecule has 0 saturated carbocycles. The number of ether oxygens (including phenoxy) is 1. The Labute approximate surface area is 164 Å².